The smallest absolute Gasteiger partial charge is 0.245 e. The standard InChI is InChI=1S/C24H44ClN7O6/c1-13(2)9-17(20(35)11-25)30-22(37)18(10-14(3)4)31-23(38)19(12-33)32-21(36)16(29-15(5)34)7-6-8-28-24(26)27/h13-14,16-19,33H,6-12H2,1-5H3,(H,29,34)(H,30,37)(H,31,38)(H,32,36)(H4,26,27,28)/t16-,17-,18-,19-/m0/s1. The Kier molecular flexibility index (Phi) is 16.9. The highest BCUT2D eigenvalue weighted by molar-refractivity contribution is 6.28. The van der Waals surface area contributed by atoms with Gasteiger partial charge in [-0.2, -0.15) is 0 Å². The molecule has 0 aliphatic carbocycles. The van der Waals surface area contributed by atoms with Crippen molar-refractivity contribution in [2.75, 3.05) is 19.0 Å². The summed E-state index contributed by atoms with van der Waals surface area (Å²) in [4.78, 5) is 66.4. The molecule has 0 bridgehead atoms. The average molecular weight is 562 g/mol. The Labute approximate surface area is 229 Å². The molecule has 13 nitrogen and oxygen atoms in total. The lowest BCUT2D eigenvalue weighted by molar-refractivity contribution is -0.135. The number of carbonyl (C=O) groups excluding carboxylic acids is 5. The lowest BCUT2D eigenvalue weighted by atomic mass is 9.98. The molecule has 4 atom stereocenters. The second-order valence-electron chi connectivity index (χ2n) is 9.93. The number of aliphatic imine (C=N–C) groups is 1. The van der Waals surface area contributed by atoms with Crippen molar-refractivity contribution in [3.8, 4) is 0 Å². The van der Waals surface area contributed by atoms with E-state index in [0.29, 0.717) is 12.8 Å². The molecule has 0 aromatic heterocycles. The highest BCUT2D eigenvalue weighted by atomic mass is 35.5. The molecule has 0 unspecified atom stereocenters. The Hall–Kier alpha value is -2.93. The summed E-state index contributed by atoms with van der Waals surface area (Å²) in [6, 6.07) is -4.24. The van der Waals surface area contributed by atoms with Crippen molar-refractivity contribution < 1.29 is 29.1 Å². The third-order valence-corrected chi connectivity index (χ3v) is 5.60. The number of aliphatic hydroxyl groups excluding tert-OH is 1. The summed E-state index contributed by atoms with van der Waals surface area (Å²) in [5.74, 6) is -3.15. The van der Waals surface area contributed by atoms with Crippen LogP contribution < -0.4 is 32.7 Å². The molecule has 0 rings (SSSR count). The van der Waals surface area contributed by atoms with Gasteiger partial charge in [0.25, 0.3) is 0 Å². The monoisotopic (exact) mass is 561 g/mol. The minimum Gasteiger partial charge on any atom is -0.394 e. The van der Waals surface area contributed by atoms with Crippen molar-refractivity contribution in [3.63, 3.8) is 0 Å². The van der Waals surface area contributed by atoms with Gasteiger partial charge in [0.2, 0.25) is 23.6 Å². The number of hydrogen-bond donors (Lipinski definition) is 7. The van der Waals surface area contributed by atoms with Gasteiger partial charge in [-0.25, -0.2) is 0 Å². The molecular formula is C24H44ClN7O6. The van der Waals surface area contributed by atoms with Crippen LogP contribution in [0.1, 0.15) is 60.3 Å². The first-order chi connectivity index (χ1) is 17.7. The first-order valence-electron chi connectivity index (χ1n) is 12.6. The lowest BCUT2D eigenvalue weighted by Gasteiger charge is -2.26. The number of amides is 4. The highest BCUT2D eigenvalue weighted by Gasteiger charge is 2.31. The van der Waals surface area contributed by atoms with Crippen LogP contribution in [0.4, 0.5) is 0 Å². The molecule has 4 amide bonds. The summed E-state index contributed by atoms with van der Waals surface area (Å²) >= 11 is 5.70. The van der Waals surface area contributed by atoms with Gasteiger partial charge in [-0.1, -0.05) is 27.7 Å². The molecule has 0 heterocycles. The van der Waals surface area contributed by atoms with E-state index in [1.165, 1.54) is 6.92 Å². The zero-order chi connectivity index (χ0) is 29.4. The van der Waals surface area contributed by atoms with Crippen LogP contribution in [-0.2, 0) is 24.0 Å². The first-order valence-corrected chi connectivity index (χ1v) is 13.2. The quantitative estimate of drug-likeness (QED) is 0.0469. The Bertz CT molecular complexity index is 833. The van der Waals surface area contributed by atoms with Crippen LogP contribution in [0.5, 0.6) is 0 Å². The molecule has 9 N–H and O–H groups in total. The second kappa shape index (κ2) is 18.3. The topological polar surface area (TPSA) is 218 Å². The molecule has 0 aromatic rings. The fourth-order valence-corrected chi connectivity index (χ4v) is 3.75. The Morgan fingerprint density at radius 1 is 0.789 bits per heavy atom. The third kappa shape index (κ3) is 14.7. The van der Waals surface area contributed by atoms with Crippen LogP contribution in [0, 0.1) is 11.8 Å². The predicted molar refractivity (Wildman–Crippen MR) is 145 cm³/mol. The molecule has 38 heavy (non-hydrogen) atoms. The SMILES string of the molecule is CC(=O)N[C@@H](CCCN=C(N)N)C(=O)N[C@@H](CO)C(=O)N[C@@H](CC(C)C)C(=O)N[C@@H](CC(C)C)C(=O)CCl. The number of alkyl halides is 1. The Morgan fingerprint density at radius 3 is 1.74 bits per heavy atom. The van der Waals surface area contributed by atoms with E-state index in [1.807, 2.05) is 27.7 Å². The van der Waals surface area contributed by atoms with E-state index >= 15 is 0 Å². The van der Waals surface area contributed by atoms with Gasteiger partial charge in [0.15, 0.2) is 11.7 Å². The molecule has 0 fully saturated rings. The van der Waals surface area contributed by atoms with Crippen molar-refractivity contribution in [1.82, 2.24) is 21.3 Å². The Morgan fingerprint density at radius 2 is 1.26 bits per heavy atom. The second-order valence-corrected chi connectivity index (χ2v) is 10.2. The number of rotatable bonds is 18. The van der Waals surface area contributed by atoms with E-state index in [0.717, 1.165) is 0 Å². The van der Waals surface area contributed by atoms with E-state index in [9.17, 15) is 29.1 Å². The zero-order valence-electron chi connectivity index (χ0n) is 22.9. The zero-order valence-corrected chi connectivity index (χ0v) is 23.6. The summed E-state index contributed by atoms with van der Waals surface area (Å²) in [6.07, 6.45) is 1.16. The van der Waals surface area contributed by atoms with Crippen LogP contribution in [0.2, 0.25) is 0 Å². The van der Waals surface area contributed by atoms with Crippen molar-refractivity contribution in [1.29, 1.82) is 0 Å². The van der Waals surface area contributed by atoms with Crippen LogP contribution in [0.25, 0.3) is 0 Å². The normalized spacial score (nSPS) is 14.1. The number of nitrogens with one attached hydrogen (secondary N) is 4. The number of nitrogens with zero attached hydrogens (tertiary/aromatic N) is 1. The van der Waals surface area contributed by atoms with Crippen LogP contribution in [-0.4, -0.2) is 83.7 Å². The first kappa shape index (κ1) is 35.1. The minimum atomic E-state index is -1.39. The number of nitrogens with two attached hydrogens (primary N) is 2. The number of Topliss-reactive ketones (excluding diaryl/α,β-unsaturated/α-hetero) is 1. The number of ketones is 1. The molecule has 0 saturated carbocycles. The maximum absolute atomic E-state index is 13.0. The van der Waals surface area contributed by atoms with Crippen LogP contribution in [0.15, 0.2) is 4.99 Å². The molecule has 14 heteroatoms. The van der Waals surface area contributed by atoms with Crippen molar-refractivity contribution in [3.05, 3.63) is 0 Å². The number of guanidine groups is 1. The molecule has 0 spiro atoms. The summed E-state index contributed by atoms with van der Waals surface area (Å²) in [6.45, 7) is 8.22. The largest absolute Gasteiger partial charge is 0.394 e. The summed E-state index contributed by atoms with van der Waals surface area (Å²) in [5.41, 5.74) is 10.6. The van der Waals surface area contributed by atoms with Gasteiger partial charge in [0.1, 0.15) is 18.1 Å². The van der Waals surface area contributed by atoms with E-state index < -0.39 is 54.4 Å². The van der Waals surface area contributed by atoms with Crippen molar-refractivity contribution >= 4 is 47.0 Å². The fourth-order valence-electron chi connectivity index (χ4n) is 3.57. The molecule has 0 aromatic carbocycles. The van der Waals surface area contributed by atoms with E-state index in [4.69, 9.17) is 23.1 Å². The number of hydrogen-bond acceptors (Lipinski definition) is 7. The number of aliphatic hydroxyl groups is 1. The molecule has 0 radical (unpaired) electrons. The van der Waals surface area contributed by atoms with Crippen molar-refractivity contribution in [2.45, 2.75) is 84.5 Å². The van der Waals surface area contributed by atoms with Gasteiger partial charge in [0.05, 0.1) is 18.5 Å². The predicted octanol–water partition coefficient (Wildman–Crippen LogP) is -1.11. The lowest BCUT2D eigenvalue weighted by Crippen LogP contribution is -2.59. The molecule has 0 aliphatic rings. The highest BCUT2D eigenvalue weighted by Crippen LogP contribution is 2.10. The van der Waals surface area contributed by atoms with Gasteiger partial charge in [-0.15, -0.1) is 11.6 Å². The van der Waals surface area contributed by atoms with Gasteiger partial charge in [-0.3, -0.25) is 29.0 Å². The fraction of sp³-hybridized carbons (Fsp3) is 0.750. The summed E-state index contributed by atoms with van der Waals surface area (Å²) in [7, 11) is 0. The number of carbonyl (C=O) groups is 5. The third-order valence-electron chi connectivity index (χ3n) is 5.34. The molecule has 0 aliphatic heterocycles. The van der Waals surface area contributed by atoms with Gasteiger partial charge in [0, 0.05) is 13.5 Å². The molecular weight excluding hydrogens is 518 g/mol. The minimum absolute atomic E-state index is 0.00476. The number of halogens is 1. The Balaban J connectivity index is 5.50. The average Bonchev–Trinajstić information content (AvgIpc) is 2.81. The molecule has 0 saturated heterocycles. The maximum atomic E-state index is 13.0. The van der Waals surface area contributed by atoms with Gasteiger partial charge in [-0.05, 0) is 37.5 Å². The van der Waals surface area contributed by atoms with E-state index in [2.05, 4.69) is 26.3 Å². The van der Waals surface area contributed by atoms with E-state index in [-0.39, 0.29) is 48.8 Å². The maximum Gasteiger partial charge on any atom is 0.245 e. The van der Waals surface area contributed by atoms with Crippen LogP contribution in [0.3, 0.4) is 0 Å². The van der Waals surface area contributed by atoms with Crippen molar-refractivity contribution in [2.24, 2.45) is 28.3 Å². The van der Waals surface area contributed by atoms with Gasteiger partial charge < -0.3 is 37.8 Å². The molecule has 218 valence electrons. The summed E-state index contributed by atoms with van der Waals surface area (Å²) in [5, 5.41) is 19.9. The van der Waals surface area contributed by atoms with Gasteiger partial charge >= 0.3 is 0 Å². The van der Waals surface area contributed by atoms with E-state index in [1.54, 1.807) is 0 Å². The summed E-state index contributed by atoms with van der Waals surface area (Å²) < 4.78 is 0. The van der Waals surface area contributed by atoms with Crippen LogP contribution >= 0.6 is 11.6 Å².